The van der Waals surface area contributed by atoms with Crippen molar-refractivity contribution in [1.29, 1.82) is 0 Å². The van der Waals surface area contributed by atoms with Gasteiger partial charge in [0.1, 0.15) is 0 Å². The standard InChI is InChI=1S/C23H23N3O4/c1-14(2)25-21(29)18-9-4-5-10-19(18)26-20(28)11-12-23(25,26)22(30)24-17-8-6-7-16(13-17)15(3)27/h4-10,13-14H,11-12H2,1-3H3,(H,24,30). The lowest BCUT2D eigenvalue weighted by atomic mass is 9.94. The normalized spacial score (nSPS) is 20.3. The number of nitrogens with zero attached hydrogens (tertiary/aromatic N) is 2. The first-order valence-corrected chi connectivity index (χ1v) is 9.95. The smallest absolute Gasteiger partial charge is 0.271 e. The van der Waals surface area contributed by atoms with Crippen LogP contribution < -0.4 is 10.2 Å². The Morgan fingerprint density at radius 3 is 2.50 bits per heavy atom. The number of fused-ring (bicyclic) bond motifs is 3. The number of carbonyl (C=O) groups is 4. The maximum Gasteiger partial charge on any atom is 0.271 e. The Kier molecular flexibility index (Phi) is 4.68. The van der Waals surface area contributed by atoms with E-state index in [4.69, 9.17) is 0 Å². The van der Waals surface area contributed by atoms with Crippen molar-refractivity contribution in [3.63, 3.8) is 0 Å². The first kappa shape index (κ1) is 19.8. The molecule has 4 rings (SSSR count). The molecule has 154 valence electrons. The van der Waals surface area contributed by atoms with Crippen molar-refractivity contribution in [2.24, 2.45) is 0 Å². The first-order chi connectivity index (χ1) is 14.3. The molecule has 0 bridgehead atoms. The Labute approximate surface area is 174 Å². The maximum atomic E-state index is 13.7. The van der Waals surface area contributed by atoms with Gasteiger partial charge in [0, 0.05) is 30.1 Å². The van der Waals surface area contributed by atoms with Crippen LogP contribution in [0.5, 0.6) is 0 Å². The lowest BCUT2D eigenvalue weighted by Crippen LogP contribution is -2.70. The molecule has 2 aliphatic heterocycles. The van der Waals surface area contributed by atoms with E-state index in [9.17, 15) is 19.2 Å². The number of carbonyl (C=O) groups excluding carboxylic acids is 4. The molecule has 0 aliphatic carbocycles. The van der Waals surface area contributed by atoms with Gasteiger partial charge in [-0.1, -0.05) is 24.3 Å². The predicted octanol–water partition coefficient (Wildman–Crippen LogP) is 3.22. The zero-order chi connectivity index (χ0) is 21.6. The summed E-state index contributed by atoms with van der Waals surface area (Å²) in [7, 11) is 0. The molecule has 30 heavy (non-hydrogen) atoms. The van der Waals surface area contributed by atoms with Gasteiger partial charge in [0.05, 0.1) is 11.3 Å². The summed E-state index contributed by atoms with van der Waals surface area (Å²) in [6.45, 7) is 5.12. The molecule has 2 heterocycles. The van der Waals surface area contributed by atoms with Gasteiger partial charge in [-0.25, -0.2) is 0 Å². The topological polar surface area (TPSA) is 86.8 Å². The van der Waals surface area contributed by atoms with Crippen molar-refractivity contribution in [2.45, 2.75) is 45.3 Å². The van der Waals surface area contributed by atoms with Crippen LogP contribution >= 0.6 is 0 Å². The van der Waals surface area contributed by atoms with E-state index in [1.54, 1.807) is 48.5 Å². The SMILES string of the molecule is CC(=O)c1cccc(NC(=O)C23CCC(=O)N2c2ccccc2C(=O)N3C(C)C)c1. The number of para-hydroxylation sites is 1. The molecule has 1 atom stereocenters. The number of anilines is 2. The van der Waals surface area contributed by atoms with Gasteiger partial charge in [-0.3, -0.25) is 24.1 Å². The van der Waals surface area contributed by atoms with Gasteiger partial charge in [-0.2, -0.15) is 0 Å². The van der Waals surface area contributed by atoms with Gasteiger partial charge in [0.2, 0.25) is 11.6 Å². The van der Waals surface area contributed by atoms with Crippen molar-refractivity contribution >= 4 is 34.9 Å². The molecule has 1 saturated heterocycles. The lowest BCUT2D eigenvalue weighted by molar-refractivity contribution is -0.129. The van der Waals surface area contributed by atoms with Crippen LogP contribution in [0.2, 0.25) is 0 Å². The van der Waals surface area contributed by atoms with E-state index in [0.717, 1.165) is 0 Å². The van der Waals surface area contributed by atoms with E-state index in [0.29, 0.717) is 22.5 Å². The number of amides is 3. The predicted molar refractivity (Wildman–Crippen MR) is 112 cm³/mol. The Morgan fingerprint density at radius 2 is 1.80 bits per heavy atom. The minimum absolute atomic E-state index is 0.118. The van der Waals surface area contributed by atoms with Gasteiger partial charge in [0.15, 0.2) is 5.78 Å². The van der Waals surface area contributed by atoms with Crippen LogP contribution in [0.4, 0.5) is 11.4 Å². The van der Waals surface area contributed by atoms with E-state index in [1.165, 1.54) is 16.7 Å². The highest BCUT2D eigenvalue weighted by atomic mass is 16.2. The number of rotatable bonds is 4. The summed E-state index contributed by atoms with van der Waals surface area (Å²) < 4.78 is 0. The van der Waals surface area contributed by atoms with E-state index in [-0.39, 0.29) is 36.5 Å². The van der Waals surface area contributed by atoms with Crippen molar-refractivity contribution in [3.8, 4) is 0 Å². The van der Waals surface area contributed by atoms with Gasteiger partial charge in [-0.15, -0.1) is 0 Å². The minimum Gasteiger partial charge on any atom is -0.322 e. The molecule has 2 aliphatic rings. The van der Waals surface area contributed by atoms with Crippen LogP contribution in [0.25, 0.3) is 0 Å². The Hall–Kier alpha value is -3.48. The van der Waals surface area contributed by atoms with Crippen LogP contribution in [-0.2, 0) is 9.59 Å². The molecule has 7 heteroatoms. The lowest BCUT2D eigenvalue weighted by Gasteiger charge is -2.50. The summed E-state index contributed by atoms with van der Waals surface area (Å²) >= 11 is 0. The molecule has 2 aromatic carbocycles. The maximum absolute atomic E-state index is 13.7. The fourth-order valence-electron chi connectivity index (χ4n) is 4.45. The molecule has 1 N–H and O–H groups in total. The number of hydrogen-bond acceptors (Lipinski definition) is 4. The van der Waals surface area contributed by atoms with E-state index in [2.05, 4.69) is 5.32 Å². The summed E-state index contributed by atoms with van der Waals surface area (Å²) in [5.74, 6) is -1.06. The number of hydrogen-bond donors (Lipinski definition) is 1. The number of benzene rings is 2. The highest BCUT2D eigenvalue weighted by molar-refractivity contribution is 6.18. The summed E-state index contributed by atoms with van der Waals surface area (Å²) in [5, 5.41) is 2.85. The molecule has 1 fully saturated rings. The van der Waals surface area contributed by atoms with Gasteiger partial charge in [-0.05, 0) is 45.0 Å². The van der Waals surface area contributed by atoms with Crippen molar-refractivity contribution in [3.05, 3.63) is 59.7 Å². The molecule has 0 radical (unpaired) electrons. The molecule has 0 saturated carbocycles. The molecule has 0 spiro atoms. The Morgan fingerprint density at radius 1 is 1.07 bits per heavy atom. The summed E-state index contributed by atoms with van der Waals surface area (Å²) in [6, 6.07) is 13.2. The average Bonchev–Trinajstić information content (AvgIpc) is 3.06. The minimum atomic E-state index is -1.46. The molecule has 0 aromatic heterocycles. The second-order valence-corrected chi connectivity index (χ2v) is 7.92. The van der Waals surface area contributed by atoms with Gasteiger partial charge >= 0.3 is 0 Å². The molecule has 2 aromatic rings. The number of ketones is 1. The molecule has 1 unspecified atom stereocenters. The largest absolute Gasteiger partial charge is 0.322 e. The van der Waals surface area contributed by atoms with Crippen molar-refractivity contribution in [2.75, 3.05) is 10.2 Å². The van der Waals surface area contributed by atoms with Crippen LogP contribution in [-0.4, -0.2) is 40.1 Å². The highest BCUT2D eigenvalue weighted by Crippen LogP contribution is 2.45. The van der Waals surface area contributed by atoms with Crippen LogP contribution in [0.15, 0.2) is 48.5 Å². The summed E-state index contributed by atoms with van der Waals surface area (Å²) in [4.78, 5) is 54.7. The third-order valence-corrected chi connectivity index (χ3v) is 5.71. The third kappa shape index (κ3) is 2.81. The average molecular weight is 405 g/mol. The number of Topliss-reactive ketones (excluding diaryl/α,β-unsaturated/α-hetero) is 1. The fraction of sp³-hybridized carbons (Fsp3) is 0.304. The monoisotopic (exact) mass is 405 g/mol. The second kappa shape index (κ2) is 7.09. The Balaban J connectivity index is 1.83. The van der Waals surface area contributed by atoms with Crippen LogP contribution in [0.1, 0.15) is 54.3 Å². The van der Waals surface area contributed by atoms with E-state index >= 15 is 0 Å². The van der Waals surface area contributed by atoms with E-state index < -0.39 is 11.6 Å². The molecular formula is C23H23N3O4. The third-order valence-electron chi connectivity index (χ3n) is 5.71. The molecule has 3 amide bonds. The zero-order valence-electron chi connectivity index (χ0n) is 17.1. The quantitative estimate of drug-likeness (QED) is 0.792. The second-order valence-electron chi connectivity index (χ2n) is 7.92. The van der Waals surface area contributed by atoms with Gasteiger partial charge in [0.25, 0.3) is 11.8 Å². The van der Waals surface area contributed by atoms with Crippen molar-refractivity contribution < 1.29 is 19.2 Å². The molecule has 7 nitrogen and oxygen atoms in total. The van der Waals surface area contributed by atoms with Crippen molar-refractivity contribution in [1.82, 2.24) is 4.90 Å². The first-order valence-electron chi connectivity index (χ1n) is 9.95. The van der Waals surface area contributed by atoms with Crippen LogP contribution in [0.3, 0.4) is 0 Å². The highest BCUT2D eigenvalue weighted by Gasteiger charge is 2.61. The van der Waals surface area contributed by atoms with Gasteiger partial charge < -0.3 is 10.2 Å². The summed E-state index contributed by atoms with van der Waals surface area (Å²) in [6.07, 6.45) is 0.355. The van der Waals surface area contributed by atoms with Crippen LogP contribution in [0, 0.1) is 0 Å². The Bertz CT molecular complexity index is 1080. The fourth-order valence-corrected chi connectivity index (χ4v) is 4.45. The van der Waals surface area contributed by atoms with E-state index in [1.807, 2.05) is 13.8 Å². The molecular weight excluding hydrogens is 382 g/mol. The summed E-state index contributed by atoms with van der Waals surface area (Å²) in [5.41, 5.74) is 0.313. The zero-order valence-corrected chi connectivity index (χ0v) is 17.1. The number of nitrogens with one attached hydrogen (secondary N) is 1.